The third-order valence-electron chi connectivity index (χ3n) is 1.66. The first kappa shape index (κ1) is 18.5. The Morgan fingerprint density at radius 3 is 1.44 bits per heavy atom. The predicted molar refractivity (Wildman–Crippen MR) is 55.0 cm³/mol. The summed E-state index contributed by atoms with van der Waals surface area (Å²) >= 11 is 0. The van der Waals surface area contributed by atoms with Gasteiger partial charge < -0.3 is 4.74 Å². The molecular weight excluding hydrogens is 336 g/mol. The number of ketones is 1. The quantitative estimate of drug-likeness (QED) is 0.409. The third-order valence-corrected chi connectivity index (χ3v) is 1.66. The third kappa shape index (κ3) is 6.05. The van der Waals surface area contributed by atoms with Crippen molar-refractivity contribution in [3.8, 4) is 0 Å². The molecule has 0 amide bonds. The van der Waals surface area contributed by atoms with Gasteiger partial charge >= 0.3 is 11.9 Å². The number of hydrogen-bond acceptors (Lipinski definition) is 4. The Hall–Kier alpha value is 0.187. The van der Waals surface area contributed by atoms with Gasteiger partial charge in [-0.3, -0.25) is 9.59 Å². The van der Waals surface area contributed by atoms with Crippen molar-refractivity contribution in [3.05, 3.63) is 0 Å². The van der Waals surface area contributed by atoms with Crippen molar-refractivity contribution in [3.63, 3.8) is 0 Å². The summed E-state index contributed by atoms with van der Waals surface area (Å²) in [7, 11) is 0. The van der Waals surface area contributed by atoms with E-state index in [1.807, 2.05) is 0 Å². The van der Waals surface area contributed by atoms with Crippen molar-refractivity contribution in [2.75, 3.05) is 0 Å². The molecule has 16 heavy (non-hydrogen) atoms. The van der Waals surface area contributed by atoms with Crippen molar-refractivity contribution in [1.82, 2.24) is 0 Å². The minimum Gasteiger partial charge on any atom is -0.387 e. The molecule has 0 aliphatic rings. The van der Waals surface area contributed by atoms with Crippen LogP contribution in [0.5, 0.6) is 0 Å². The summed E-state index contributed by atoms with van der Waals surface area (Å²) in [5.74, 6) is -2.47. The van der Waals surface area contributed by atoms with Gasteiger partial charge in [0.25, 0.3) is 0 Å². The van der Waals surface area contributed by atoms with E-state index in [0.717, 1.165) is 0 Å². The minimum atomic E-state index is -1.08. The summed E-state index contributed by atoms with van der Waals surface area (Å²) in [6.45, 7) is 9.63. The molecular formula is C11H18CeO4. The Balaban J connectivity index is 0. The average molecular weight is 354 g/mol. The monoisotopic (exact) mass is 354 g/mol. The average Bonchev–Trinajstić information content (AvgIpc) is 1.99. The first-order chi connectivity index (χ1) is 6.46. The number of esters is 2. The van der Waals surface area contributed by atoms with Crippen molar-refractivity contribution in [2.45, 2.75) is 41.5 Å². The van der Waals surface area contributed by atoms with Crippen molar-refractivity contribution in [1.29, 1.82) is 0 Å². The summed E-state index contributed by atoms with van der Waals surface area (Å²) in [5.41, 5.74) is -1.61. The maximum atomic E-state index is 11.4. The number of carbonyl (C=O) groups is 3. The van der Waals surface area contributed by atoms with E-state index in [2.05, 4.69) is 4.74 Å². The van der Waals surface area contributed by atoms with Crippen molar-refractivity contribution < 1.29 is 60.9 Å². The van der Waals surface area contributed by atoms with Crippen LogP contribution in [-0.2, 0) is 19.1 Å². The van der Waals surface area contributed by atoms with E-state index >= 15 is 0 Å². The van der Waals surface area contributed by atoms with Gasteiger partial charge in [0.05, 0.1) is 5.41 Å². The zero-order chi connectivity index (χ0) is 12.4. The number of rotatable bonds is 1. The maximum absolute atomic E-state index is 11.4. The van der Waals surface area contributed by atoms with E-state index in [1.165, 1.54) is 0 Å². The number of Topliss-reactive ketones (excluding diaryl/α,β-unsaturated/α-hetero) is 1. The number of carbonyl (C=O) groups excluding carboxylic acids is 3. The van der Waals surface area contributed by atoms with Crippen LogP contribution in [0.2, 0.25) is 0 Å². The van der Waals surface area contributed by atoms with Crippen LogP contribution >= 0.6 is 0 Å². The molecule has 0 N–H and O–H groups in total. The second kappa shape index (κ2) is 6.21. The summed E-state index contributed by atoms with van der Waals surface area (Å²) < 4.78 is 4.48. The van der Waals surface area contributed by atoms with Gasteiger partial charge in [-0.2, -0.15) is 0 Å². The Kier molecular flexibility index (Phi) is 7.20. The second-order valence-electron chi connectivity index (χ2n) is 5.51. The van der Waals surface area contributed by atoms with Crippen LogP contribution in [0.15, 0.2) is 0 Å². The summed E-state index contributed by atoms with van der Waals surface area (Å²) in [4.78, 5) is 34.0. The predicted octanol–water partition coefficient (Wildman–Crippen LogP) is 1.72. The second-order valence-corrected chi connectivity index (χ2v) is 5.51. The van der Waals surface area contributed by atoms with Crippen LogP contribution in [0.3, 0.4) is 0 Å². The van der Waals surface area contributed by atoms with Crippen LogP contribution < -0.4 is 0 Å². The van der Waals surface area contributed by atoms with Gasteiger partial charge in [-0.25, -0.2) is 4.79 Å². The molecule has 0 aliphatic carbocycles. The fraction of sp³-hybridized carbons (Fsp3) is 0.727. The van der Waals surface area contributed by atoms with E-state index in [-0.39, 0.29) is 41.7 Å². The van der Waals surface area contributed by atoms with E-state index in [1.54, 1.807) is 41.5 Å². The van der Waals surface area contributed by atoms with Gasteiger partial charge in [-0.15, -0.1) is 0 Å². The molecule has 0 saturated heterocycles. The smallest absolute Gasteiger partial charge is 0.382 e. The molecule has 0 aromatic carbocycles. The molecule has 0 atom stereocenters. The molecule has 0 aromatic rings. The fourth-order valence-electron chi connectivity index (χ4n) is 0.590. The van der Waals surface area contributed by atoms with Gasteiger partial charge in [0.2, 0.25) is 5.78 Å². The molecule has 0 aliphatic heterocycles. The first-order valence-electron chi connectivity index (χ1n) is 4.77. The number of hydrogen-bond donors (Lipinski definition) is 0. The Morgan fingerprint density at radius 2 is 1.19 bits per heavy atom. The first-order valence-corrected chi connectivity index (χ1v) is 4.77. The van der Waals surface area contributed by atoms with Crippen LogP contribution in [0, 0.1) is 52.6 Å². The van der Waals surface area contributed by atoms with Gasteiger partial charge in [-0.05, 0) is 20.8 Å². The van der Waals surface area contributed by atoms with E-state index < -0.39 is 28.6 Å². The zero-order valence-corrected chi connectivity index (χ0v) is 13.8. The number of ether oxygens (including phenoxy) is 1. The fourth-order valence-corrected chi connectivity index (χ4v) is 0.590. The van der Waals surface area contributed by atoms with Crippen molar-refractivity contribution >= 4 is 17.7 Å². The Morgan fingerprint density at radius 1 is 0.812 bits per heavy atom. The Labute approximate surface area is 130 Å². The van der Waals surface area contributed by atoms with Crippen molar-refractivity contribution in [2.24, 2.45) is 10.8 Å². The molecule has 0 saturated carbocycles. The minimum absolute atomic E-state index is 0. The summed E-state index contributed by atoms with van der Waals surface area (Å²) in [5, 5.41) is 0. The van der Waals surface area contributed by atoms with E-state index in [0.29, 0.717) is 0 Å². The van der Waals surface area contributed by atoms with Gasteiger partial charge in [0, 0.05) is 47.2 Å². The van der Waals surface area contributed by atoms with Gasteiger partial charge in [-0.1, -0.05) is 20.8 Å². The molecule has 5 heteroatoms. The zero-order valence-electron chi connectivity index (χ0n) is 10.6. The Bertz CT molecular complexity index is 294. The molecule has 0 fully saturated rings. The molecule has 0 rings (SSSR count). The molecule has 90 valence electrons. The SMILES string of the molecule is CC(C)(C)C(=O)OC(=O)C(=O)C(C)(C)C.[Ce]. The molecule has 0 heterocycles. The van der Waals surface area contributed by atoms with Crippen LogP contribution in [0.1, 0.15) is 41.5 Å². The molecule has 0 spiro atoms. The molecule has 0 unspecified atom stereocenters. The molecule has 0 radical (unpaired) electrons. The summed E-state index contributed by atoms with van der Waals surface area (Å²) in [6, 6.07) is 0. The maximum Gasteiger partial charge on any atom is 0.382 e. The van der Waals surface area contributed by atoms with Crippen LogP contribution in [0.4, 0.5) is 0 Å². The van der Waals surface area contributed by atoms with E-state index in [4.69, 9.17) is 0 Å². The largest absolute Gasteiger partial charge is 0.387 e. The van der Waals surface area contributed by atoms with Gasteiger partial charge in [0.1, 0.15) is 0 Å². The topological polar surface area (TPSA) is 60.4 Å². The van der Waals surface area contributed by atoms with Crippen LogP contribution in [-0.4, -0.2) is 17.7 Å². The van der Waals surface area contributed by atoms with Gasteiger partial charge in [0.15, 0.2) is 0 Å². The molecule has 0 aromatic heterocycles. The molecule has 4 nitrogen and oxygen atoms in total. The standard InChI is InChI=1S/C11H18O4.Ce/c1-10(2,3)7(12)8(13)15-9(14)11(4,5)6;/h1-6H3;. The molecule has 0 bridgehead atoms. The van der Waals surface area contributed by atoms with E-state index in [9.17, 15) is 14.4 Å². The normalized spacial score (nSPS) is 11.4. The van der Waals surface area contributed by atoms with Crippen LogP contribution in [0.25, 0.3) is 0 Å². The summed E-state index contributed by atoms with van der Waals surface area (Å²) in [6.07, 6.45) is 0.